The van der Waals surface area contributed by atoms with Crippen LogP contribution in [0.15, 0.2) is 42.5 Å². The van der Waals surface area contributed by atoms with Crippen molar-refractivity contribution in [2.45, 2.75) is 12.5 Å². The van der Waals surface area contributed by atoms with E-state index in [1.807, 2.05) is 6.07 Å². The lowest BCUT2D eigenvalue weighted by molar-refractivity contribution is -0.991. The molecule has 114 valence electrons. The Morgan fingerprint density at radius 2 is 2.00 bits per heavy atom. The molecule has 3 rings (SSSR count). The van der Waals surface area contributed by atoms with E-state index < -0.39 is 11.3 Å². The number of cyclic esters (lactones) is 1. The van der Waals surface area contributed by atoms with Crippen molar-refractivity contribution >= 4 is 11.7 Å². The number of fused-ring (bicyclic) bond motifs is 1. The van der Waals surface area contributed by atoms with E-state index in [-0.39, 0.29) is 11.7 Å². The quantitative estimate of drug-likeness (QED) is 0.664. The number of carbonyl (C=O) groups excluding carboxylic acids is 1. The van der Waals surface area contributed by atoms with Crippen LogP contribution in [-0.4, -0.2) is 18.3 Å². The highest BCUT2D eigenvalue weighted by molar-refractivity contribution is 5.92. The zero-order valence-corrected chi connectivity index (χ0v) is 11.9. The number of ether oxygens (including phenoxy) is 2. The van der Waals surface area contributed by atoms with Gasteiger partial charge in [0, 0.05) is 18.6 Å². The minimum atomic E-state index is -0.984. The van der Waals surface area contributed by atoms with Crippen molar-refractivity contribution in [3.8, 4) is 5.75 Å². The van der Waals surface area contributed by atoms with Gasteiger partial charge in [-0.25, -0.2) is 10.0 Å². The molecule has 1 unspecified atom stereocenters. The average molecular weight is 301 g/mol. The standard InChI is InChI=1S/C16H15NO5/c1-21-13-6-7-14-11(8-13)9-15(22-16(14)18)10-2-4-12(5-3-10)17(19)20/h2-8,15,17,19H,9H2,1H3/t15-/m1/s1. The van der Waals surface area contributed by atoms with E-state index in [1.54, 1.807) is 31.4 Å². The van der Waals surface area contributed by atoms with Crippen LogP contribution < -0.4 is 9.96 Å². The van der Waals surface area contributed by atoms with E-state index in [2.05, 4.69) is 0 Å². The summed E-state index contributed by atoms with van der Waals surface area (Å²) in [6, 6.07) is 11.6. The van der Waals surface area contributed by atoms with Gasteiger partial charge in [0.05, 0.1) is 12.7 Å². The van der Waals surface area contributed by atoms with Gasteiger partial charge in [-0.05, 0) is 41.5 Å². The Morgan fingerprint density at radius 1 is 1.27 bits per heavy atom. The highest BCUT2D eigenvalue weighted by Crippen LogP contribution is 2.32. The molecule has 2 atom stereocenters. The Kier molecular flexibility index (Phi) is 3.81. The molecular formula is C16H15NO5. The van der Waals surface area contributed by atoms with Gasteiger partial charge < -0.3 is 14.7 Å². The molecule has 0 spiro atoms. The number of nitrogens with one attached hydrogen (secondary N) is 1. The van der Waals surface area contributed by atoms with Gasteiger partial charge in [-0.2, -0.15) is 5.23 Å². The minimum absolute atomic E-state index is 0.202. The summed E-state index contributed by atoms with van der Waals surface area (Å²) < 4.78 is 10.6. The van der Waals surface area contributed by atoms with E-state index in [4.69, 9.17) is 14.7 Å². The summed E-state index contributed by atoms with van der Waals surface area (Å²) in [5.74, 6) is 0.310. The van der Waals surface area contributed by atoms with Crippen LogP contribution in [0.4, 0.5) is 5.69 Å². The first kappa shape index (κ1) is 14.5. The van der Waals surface area contributed by atoms with Crippen molar-refractivity contribution in [2.75, 3.05) is 7.11 Å². The SMILES string of the molecule is COc1ccc2c(c1)C[C@H](c1ccc([NH+]([O-])O)cc1)OC2=O. The Bertz CT molecular complexity index is 696. The van der Waals surface area contributed by atoms with Gasteiger partial charge in [-0.3, -0.25) is 0 Å². The molecule has 0 aliphatic carbocycles. The number of quaternary nitrogens is 1. The molecule has 0 radical (unpaired) electrons. The summed E-state index contributed by atoms with van der Waals surface area (Å²) in [4.78, 5) is 12.1. The third-order valence-electron chi connectivity index (χ3n) is 3.72. The van der Waals surface area contributed by atoms with Gasteiger partial charge in [0.25, 0.3) is 0 Å². The second-order valence-corrected chi connectivity index (χ2v) is 5.05. The molecule has 1 heterocycles. The van der Waals surface area contributed by atoms with Crippen LogP contribution in [0.5, 0.6) is 5.75 Å². The Labute approximate surface area is 127 Å². The van der Waals surface area contributed by atoms with E-state index in [0.29, 0.717) is 17.7 Å². The third kappa shape index (κ3) is 2.67. The van der Waals surface area contributed by atoms with Gasteiger partial charge in [0.1, 0.15) is 11.9 Å². The van der Waals surface area contributed by atoms with Crippen LogP contribution in [-0.2, 0) is 11.2 Å². The lowest BCUT2D eigenvalue weighted by Crippen LogP contribution is -2.99. The number of rotatable bonds is 3. The maximum absolute atomic E-state index is 12.1. The first-order chi connectivity index (χ1) is 10.6. The highest BCUT2D eigenvalue weighted by atomic mass is 16.8. The molecule has 0 amide bonds. The zero-order valence-electron chi connectivity index (χ0n) is 11.9. The predicted molar refractivity (Wildman–Crippen MR) is 77.1 cm³/mol. The predicted octanol–water partition coefficient (Wildman–Crippen LogP) is 1.55. The summed E-state index contributed by atoms with van der Waals surface area (Å²) >= 11 is 0. The molecule has 0 aromatic heterocycles. The maximum atomic E-state index is 12.1. The van der Waals surface area contributed by atoms with Crippen LogP contribution in [0.3, 0.4) is 0 Å². The van der Waals surface area contributed by atoms with Crippen molar-refractivity contribution in [3.63, 3.8) is 0 Å². The van der Waals surface area contributed by atoms with Gasteiger partial charge in [0.15, 0.2) is 5.69 Å². The first-order valence-corrected chi connectivity index (χ1v) is 6.79. The number of carbonyl (C=O) groups is 1. The molecule has 0 saturated heterocycles. The summed E-state index contributed by atoms with van der Waals surface area (Å²) in [5.41, 5.74) is 2.38. The van der Waals surface area contributed by atoms with Crippen molar-refractivity contribution in [1.82, 2.24) is 0 Å². The van der Waals surface area contributed by atoms with E-state index in [0.717, 1.165) is 11.1 Å². The van der Waals surface area contributed by atoms with Gasteiger partial charge >= 0.3 is 5.97 Å². The monoisotopic (exact) mass is 301 g/mol. The number of methoxy groups -OCH3 is 1. The third-order valence-corrected chi connectivity index (χ3v) is 3.72. The number of hydrogen-bond acceptors (Lipinski definition) is 5. The molecule has 0 bridgehead atoms. The summed E-state index contributed by atoms with van der Waals surface area (Å²) in [7, 11) is 1.57. The molecule has 0 saturated carbocycles. The van der Waals surface area contributed by atoms with Crippen LogP contribution in [0, 0.1) is 5.21 Å². The molecule has 2 aromatic carbocycles. The Hall–Kier alpha value is -2.41. The van der Waals surface area contributed by atoms with E-state index in [1.165, 1.54) is 12.1 Å². The molecule has 6 nitrogen and oxygen atoms in total. The lowest BCUT2D eigenvalue weighted by Gasteiger charge is -2.25. The smallest absolute Gasteiger partial charge is 0.339 e. The van der Waals surface area contributed by atoms with Crippen LogP contribution >= 0.6 is 0 Å². The summed E-state index contributed by atoms with van der Waals surface area (Å²) in [6.45, 7) is 0. The molecule has 0 fully saturated rings. The second-order valence-electron chi connectivity index (χ2n) is 5.05. The van der Waals surface area contributed by atoms with E-state index in [9.17, 15) is 10.0 Å². The summed E-state index contributed by atoms with van der Waals surface area (Å²) in [5, 5.41) is 18.8. The van der Waals surface area contributed by atoms with Gasteiger partial charge in [0.2, 0.25) is 0 Å². The first-order valence-electron chi connectivity index (χ1n) is 6.79. The molecule has 1 aliphatic heterocycles. The number of esters is 1. The fourth-order valence-electron chi connectivity index (χ4n) is 2.53. The van der Waals surface area contributed by atoms with Crippen molar-refractivity contribution in [1.29, 1.82) is 0 Å². The van der Waals surface area contributed by atoms with Crippen molar-refractivity contribution in [2.24, 2.45) is 0 Å². The van der Waals surface area contributed by atoms with Gasteiger partial charge in [-0.15, -0.1) is 0 Å². The highest BCUT2D eigenvalue weighted by Gasteiger charge is 2.27. The van der Waals surface area contributed by atoms with Gasteiger partial charge in [-0.1, -0.05) is 0 Å². The molecule has 22 heavy (non-hydrogen) atoms. The normalized spacial score (nSPS) is 18.3. The average Bonchev–Trinajstić information content (AvgIpc) is 2.54. The van der Waals surface area contributed by atoms with Crippen molar-refractivity contribution in [3.05, 3.63) is 64.4 Å². The molecule has 6 heteroatoms. The molecule has 2 N–H and O–H groups in total. The van der Waals surface area contributed by atoms with Crippen LogP contribution in [0.2, 0.25) is 0 Å². The van der Waals surface area contributed by atoms with E-state index >= 15 is 0 Å². The Morgan fingerprint density at radius 3 is 2.64 bits per heavy atom. The van der Waals surface area contributed by atoms with Crippen molar-refractivity contribution < 1.29 is 24.7 Å². The maximum Gasteiger partial charge on any atom is 0.339 e. The largest absolute Gasteiger partial charge is 0.595 e. The minimum Gasteiger partial charge on any atom is -0.595 e. The topological polar surface area (TPSA) is 83.3 Å². The summed E-state index contributed by atoms with van der Waals surface area (Å²) in [6.07, 6.45) is 0.111. The fraction of sp³-hybridized carbons (Fsp3) is 0.188. The molecular weight excluding hydrogens is 286 g/mol. The lowest BCUT2D eigenvalue weighted by atomic mass is 9.94. The number of hydrogen-bond donors (Lipinski definition) is 2. The zero-order chi connectivity index (χ0) is 15.7. The van der Waals surface area contributed by atoms with Crippen LogP contribution in [0.1, 0.15) is 27.6 Å². The van der Waals surface area contributed by atoms with Crippen LogP contribution in [0.25, 0.3) is 0 Å². The molecule has 1 aliphatic rings. The molecule has 2 aromatic rings. The second kappa shape index (κ2) is 5.76. The fourth-order valence-corrected chi connectivity index (χ4v) is 2.53. The Balaban J connectivity index is 1.89. The number of benzene rings is 2.